The average molecular weight is 287 g/mol. The highest BCUT2D eigenvalue weighted by Crippen LogP contribution is 2.19. The third-order valence-electron chi connectivity index (χ3n) is 2.35. The Labute approximate surface area is 110 Å². The van der Waals surface area contributed by atoms with Crippen LogP contribution in [0.2, 0.25) is 5.02 Å². The molecule has 0 unspecified atom stereocenters. The molecule has 0 fully saturated rings. The van der Waals surface area contributed by atoms with E-state index >= 15 is 0 Å². The Hall–Kier alpha value is -1.37. The minimum absolute atomic E-state index is 0.0599. The molecule has 0 aliphatic carbocycles. The Morgan fingerprint density at radius 2 is 2.17 bits per heavy atom. The molecule has 1 N–H and O–H groups in total. The van der Waals surface area contributed by atoms with E-state index in [0.717, 1.165) is 0 Å². The topological polar surface area (TPSA) is 72.2 Å². The summed E-state index contributed by atoms with van der Waals surface area (Å²) in [7, 11) is -3.58. The van der Waals surface area contributed by atoms with Crippen LogP contribution < -0.4 is 4.72 Å². The first kappa shape index (κ1) is 13.1. The van der Waals surface area contributed by atoms with Gasteiger partial charge in [0.25, 0.3) is 0 Å². The Morgan fingerprint density at radius 3 is 2.78 bits per heavy atom. The van der Waals surface area contributed by atoms with Crippen LogP contribution in [-0.2, 0) is 16.6 Å². The molecule has 1 aromatic heterocycles. The lowest BCUT2D eigenvalue weighted by Gasteiger charge is -2.08. The van der Waals surface area contributed by atoms with Gasteiger partial charge in [0.1, 0.15) is 0 Å². The third-order valence-corrected chi connectivity index (χ3v) is 4.15. The molecule has 5 nitrogen and oxygen atoms in total. The van der Waals surface area contributed by atoms with Crippen molar-refractivity contribution in [3.8, 4) is 0 Å². The normalized spacial score (nSPS) is 11.7. The highest BCUT2D eigenvalue weighted by molar-refractivity contribution is 7.89. The Balaban J connectivity index is 2.20. The molecule has 96 valence electrons. The van der Waals surface area contributed by atoms with Crippen LogP contribution in [-0.4, -0.2) is 13.6 Å². The summed E-state index contributed by atoms with van der Waals surface area (Å²) < 4.78 is 31.3. The van der Waals surface area contributed by atoms with Crippen molar-refractivity contribution in [3.63, 3.8) is 0 Å². The predicted octanol–water partition coefficient (Wildman–Crippen LogP) is 2.11. The first-order valence-corrected chi connectivity index (χ1v) is 7.00. The lowest BCUT2D eigenvalue weighted by molar-refractivity contribution is 0.380. The standard InChI is InChI=1S/C11H11ClN2O3S/c1-8-6-9(12)2-3-11(8)18(15,16)14-7-10-4-5-13-17-10/h2-6,14H,7H2,1H3. The molecule has 0 bridgehead atoms. The van der Waals surface area contributed by atoms with E-state index in [4.69, 9.17) is 16.1 Å². The molecule has 0 amide bonds. The summed E-state index contributed by atoms with van der Waals surface area (Å²) in [6.07, 6.45) is 1.46. The zero-order valence-electron chi connectivity index (χ0n) is 9.55. The number of benzene rings is 1. The summed E-state index contributed by atoms with van der Waals surface area (Å²) in [5.41, 5.74) is 0.590. The smallest absolute Gasteiger partial charge is 0.241 e. The Morgan fingerprint density at radius 1 is 1.39 bits per heavy atom. The fraction of sp³-hybridized carbons (Fsp3) is 0.182. The van der Waals surface area contributed by atoms with Gasteiger partial charge in [-0.3, -0.25) is 0 Å². The Kier molecular flexibility index (Phi) is 3.70. The van der Waals surface area contributed by atoms with Crippen LogP contribution in [0.3, 0.4) is 0 Å². The molecule has 2 rings (SSSR count). The average Bonchev–Trinajstić information content (AvgIpc) is 2.78. The molecule has 1 aromatic carbocycles. The largest absolute Gasteiger partial charge is 0.360 e. The van der Waals surface area contributed by atoms with Crippen LogP contribution in [0.1, 0.15) is 11.3 Å². The van der Waals surface area contributed by atoms with Gasteiger partial charge >= 0.3 is 0 Å². The summed E-state index contributed by atoms with van der Waals surface area (Å²) in [5, 5.41) is 4.00. The van der Waals surface area contributed by atoms with Gasteiger partial charge in [0.05, 0.1) is 17.6 Å². The predicted molar refractivity (Wildman–Crippen MR) is 66.7 cm³/mol. The highest BCUT2D eigenvalue weighted by Gasteiger charge is 2.17. The highest BCUT2D eigenvalue weighted by atomic mass is 35.5. The first-order chi connectivity index (χ1) is 8.49. The summed E-state index contributed by atoms with van der Waals surface area (Å²) >= 11 is 5.79. The van der Waals surface area contributed by atoms with Crippen molar-refractivity contribution in [2.75, 3.05) is 0 Å². The molecule has 0 aliphatic rings. The van der Waals surface area contributed by atoms with Crippen molar-refractivity contribution in [3.05, 3.63) is 46.8 Å². The van der Waals surface area contributed by atoms with Gasteiger partial charge in [-0.2, -0.15) is 0 Å². The van der Waals surface area contributed by atoms with Gasteiger partial charge < -0.3 is 4.52 Å². The molecular formula is C11H11ClN2O3S. The number of sulfonamides is 1. The van der Waals surface area contributed by atoms with Crippen molar-refractivity contribution < 1.29 is 12.9 Å². The van der Waals surface area contributed by atoms with Crippen LogP contribution in [0.5, 0.6) is 0 Å². The van der Waals surface area contributed by atoms with E-state index in [1.165, 1.54) is 18.3 Å². The van der Waals surface area contributed by atoms with E-state index < -0.39 is 10.0 Å². The fourth-order valence-electron chi connectivity index (χ4n) is 1.49. The molecule has 1 heterocycles. The van der Waals surface area contributed by atoms with E-state index in [0.29, 0.717) is 16.3 Å². The molecule has 0 spiro atoms. The molecule has 18 heavy (non-hydrogen) atoms. The number of aryl methyl sites for hydroxylation is 1. The number of hydrogen-bond donors (Lipinski definition) is 1. The zero-order chi connectivity index (χ0) is 13.2. The molecule has 0 aliphatic heterocycles. The van der Waals surface area contributed by atoms with Crippen molar-refractivity contribution in [1.82, 2.24) is 9.88 Å². The summed E-state index contributed by atoms with van der Waals surface area (Å²) in [6, 6.07) is 6.21. The second kappa shape index (κ2) is 5.09. The maximum Gasteiger partial charge on any atom is 0.241 e. The minimum Gasteiger partial charge on any atom is -0.360 e. The SMILES string of the molecule is Cc1cc(Cl)ccc1S(=O)(=O)NCc1ccno1. The molecule has 7 heteroatoms. The number of rotatable bonds is 4. The second-order valence-electron chi connectivity index (χ2n) is 3.71. The quantitative estimate of drug-likeness (QED) is 0.934. The third kappa shape index (κ3) is 2.90. The Bertz CT molecular complexity index is 638. The lowest BCUT2D eigenvalue weighted by atomic mass is 10.2. The molecule has 0 saturated carbocycles. The summed E-state index contributed by atoms with van der Waals surface area (Å²) in [6.45, 7) is 1.75. The van der Waals surface area contributed by atoms with Gasteiger partial charge in [-0.1, -0.05) is 16.8 Å². The molecule has 2 aromatic rings. The fourth-order valence-corrected chi connectivity index (χ4v) is 2.94. The van der Waals surface area contributed by atoms with E-state index in [-0.39, 0.29) is 11.4 Å². The molecule has 0 saturated heterocycles. The number of nitrogens with zero attached hydrogens (tertiary/aromatic N) is 1. The number of hydrogen-bond acceptors (Lipinski definition) is 4. The number of nitrogens with one attached hydrogen (secondary N) is 1. The zero-order valence-corrected chi connectivity index (χ0v) is 11.1. The van der Waals surface area contributed by atoms with Crippen molar-refractivity contribution in [1.29, 1.82) is 0 Å². The van der Waals surface area contributed by atoms with Gasteiger partial charge in [-0.05, 0) is 30.7 Å². The van der Waals surface area contributed by atoms with Gasteiger partial charge in [0, 0.05) is 11.1 Å². The first-order valence-electron chi connectivity index (χ1n) is 5.14. The summed E-state index contributed by atoms with van der Waals surface area (Å²) in [5.74, 6) is 0.449. The van der Waals surface area contributed by atoms with Crippen molar-refractivity contribution in [2.24, 2.45) is 0 Å². The van der Waals surface area contributed by atoms with Gasteiger partial charge in [0.15, 0.2) is 5.76 Å². The van der Waals surface area contributed by atoms with Crippen LogP contribution >= 0.6 is 11.6 Å². The van der Waals surface area contributed by atoms with Gasteiger partial charge in [0.2, 0.25) is 10.0 Å². The lowest BCUT2D eigenvalue weighted by Crippen LogP contribution is -2.23. The van der Waals surface area contributed by atoms with Crippen LogP contribution in [0, 0.1) is 6.92 Å². The maximum absolute atomic E-state index is 12.0. The molecular weight excluding hydrogens is 276 g/mol. The van der Waals surface area contributed by atoms with E-state index in [9.17, 15) is 8.42 Å². The maximum atomic E-state index is 12.0. The minimum atomic E-state index is -3.58. The van der Waals surface area contributed by atoms with Gasteiger partial charge in [-0.25, -0.2) is 13.1 Å². The number of halogens is 1. The van der Waals surface area contributed by atoms with Gasteiger partial charge in [-0.15, -0.1) is 0 Å². The van der Waals surface area contributed by atoms with E-state index in [1.807, 2.05) is 0 Å². The van der Waals surface area contributed by atoms with Crippen LogP contribution in [0.25, 0.3) is 0 Å². The summed E-state index contributed by atoms with van der Waals surface area (Å²) in [4.78, 5) is 0.200. The number of aromatic nitrogens is 1. The van der Waals surface area contributed by atoms with E-state index in [1.54, 1.807) is 19.1 Å². The van der Waals surface area contributed by atoms with E-state index in [2.05, 4.69) is 9.88 Å². The monoisotopic (exact) mass is 286 g/mol. The van der Waals surface area contributed by atoms with Crippen LogP contribution in [0.4, 0.5) is 0 Å². The molecule has 0 radical (unpaired) electrons. The molecule has 0 atom stereocenters. The van der Waals surface area contributed by atoms with Crippen molar-refractivity contribution in [2.45, 2.75) is 18.4 Å². The van der Waals surface area contributed by atoms with Crippen LogP contribution in [0.15, 0.2) is 39.9 Å². The van der Waals surface area contributed by atoms with Crippen molar-refractivity contribution >= 4 is 21.6 Å². The second-order valence-corrected chi connectivity index (χ2v) is 5.88.